The molecule has 25 heavy (non-hydrogen) atoms. The van der Waals surface area contributed by atoms with E-state index in [1.54, 1.807) is 24.7 Å². The highest BCUT2D eigenvalue weighted by molar-refractivity contribution is 5.92. The van der Waals surface area contributed by atoms with Crippen molar-refractivity contribution in [2.24, 2.45) is 0 Å². The topological polar surface area (TPSA) is 50.6 Å². The van der Waals surface area contributed by atoms with E-state index >= 15 is 0 Å². The Morgan fingerprint density at radius 3 is 2.56 bits per heavy atom. The van der Waals surface area contributed by atoms with Gasteiger partial charge in [-0.25, -0.2) is 9.37 Å². The molecule has 0 saturated carbocycles. The van der Waals surface area contributed by atoms with Crippen molar-refractivity contribution in [2.45, 2.75) is 19.9 Å². The summed E-state index contributed by atoms with van der Waals surface area (Å²) in [6, 6.07) is 5.11. The van der Waals surface area contributed by atoms with Crippen LogP contribution in [0, 0.1) is 5.82 Å². The van der Waals surface area contributed by atoms with Gasteiger partial charge in [0.2, 0.25) is 0 Å². The van der Waals surface area contributed by atoms with E-state index in [4.69, 9.17) is 4.74 Å². The van der Waals surface area contributed by atoms with Crippen LogP contribution in [0.5, 0.6) is 5.75 Å². The van der Waals surface area contributed by atoms with Crippen LogP contribution >= 0.6 is 0 Å². The molecule has 0 unspecified atom stereocenters. The maximum Gasteiger partial charge on any atom is 0.274 e. The van der Waals surface area contributed by atoms with Crippen molar-refractivity contribution in [3.8, 4) is 5.75 Å². The summed E-state index contributed by atoms with van der Waals surface area (Å²) in [6.45, 7) is 6.67. The van der Waals surface area contributed by atoms with Crippen LogP contribution < -0.4 is 9.64 Å². The third-order valence-corrected chi connectivity index (χ3v) is 4.48. The number of anilines is 1. The fraction of sp³-hybridized carbons (Fsp3) is 0.444. The highest BCUT2D eigenvalue weighted by Gasteiger charge is 2.24. The Kier molecular flexibility index (Phi) is 4.92. The molecule has 1 aromatic heterocycles. The fourth-order valence-electron chi connectivity index (χ4n) is 2.90. The van der Waals surface area contributed by atoms with Gasteiger partial charge in [-0.05, 0) is 26.0 Å². The van der Waals surface area contributed by atoms with E-state index in [-0.39, 0.29) is 23.5 Å². The van der Waals surface area contributed by atoms with Crippen LogP contribution in [0.15, 0.2) is 30.7 Å². The quantitative estimate of drug-likeness (QED) is 0.854. The second kappa shape index (κ2) is 7.13. The van der Waals surface area contributed by atoms with Gasteiger partial charge in [-0.2, -0.15) is 0 Å². The molecular formula is C18H23FN4O2. The van der Waals surface area contributed by atoms with E-state index in [1.807, 2.05) is 23.3 Å². The molecule has 2 aromatic rings. The predicted molar refractivity (Wildman–Crippen MR) is 93.7 cm³/mol. The average Bonchev–Trinajstić information content (AvgIpc) is 3.12. The molecule has 0 aliphatic carbocycles. The van der Waals surface area contributed by atoms with Crippen LogP contribution in [0.1, 0.15) is 30.4 Å². The smallest absolute Gasteiger partial charge is 0.274 e. The molecule has 0 bridgehead atoms. The van der Waals surface area contributed by atoms with Gasteiger partial charge < -0.3 is 19.1 Å². The van der Waals surface area contributed by atoms with Gasteiger partial charge in [0.25, 0.3) is 5.91 Å². The molecule has 134 valence electrons. The summed E-state index contributed by atoms with van der Waals surface area (Å²) < 4.78 is 20.5. The van der Waals surface area contributed by atoms with Crippen molar-refractivity contribution in [3.05, 3.63) is 42.2 Å². The van der Waals surface area contributed by atoms with E-state index in [0.29, 0.717) is 31.9 Å². The van der Waals surface area contributed by atoms with Gasteiger partial charge in [0, 0.05) is 50.2 Å². The average molecular weight is 346 g/mol. The minimum absolute atomic E-state index is 0.0456. The number of hydrogen-bond donors (Lipinski definition) is 0. The van der Waals surface area contributed by atoms with Crippen molar-refractivity contribution in [2.75, 3.05) is 38.2 Å². The Labute approximate surface area is 146 Å². The molecule has 0 radical (unpaired) electrons. The molecule has 1 aromatic carbocycles. The number of amides is 1. The number of hydrogen-bond acceptors (Lipinski definition) is 4. The molecule has 2 heterocycles. The zero-order valence-electron chi connectivity index (χ0n) is 14.8. The van der Waals surface area contributed by atoms with Gasteiger partial charge in [0.1, 0.15) is 5.69 Å². The maximum atomic E-state index is 13.5. The van der Waals surface area contributed by atoms with Crippen molar-refractivity contribution >= 4 is 11.6 Å². The van der Waals surface area contributed by atoms with Crippen LogP contribution in [0.4, 0.5) is 10.1 Å². The minimum atomic E-state index is -0.374. The lowest BCUT2D eigenvalue weighted by Crippen LogP contribution is -2.48. The summed E-state index contributed by atoms with van der Waals surface area (Å²) >= 11 is 0. The summed E-state index contributed by atoms with van der Waals surface area (Å²) in [6.07, 6.45) is 3.49. The molecular weight excluding hydrogens is 323 g/mol. The van der Waals surface area contributed by atoms with E-state index in [2.05, 4.69) is 9.88 Å². The Morgan fingerprint density at radius 1 is 1.24 bits per heavy atom. The van der Waals surface area contributed by atoms with Crippen LogP contribution in [0.25, 0.3) is 0 Å². The molecule has 7 heteroatoms. The van der Waals surface area contributed by atoms with E-state index in [9.17, 15) is 9.18 Å². The summed E-state index contributed by atoms with van der Waals surface area (Å²) in [5.41, 5.74) is 1.38. The monoisotopic (exact) mass is 346 g/mol. The largest absolute Gasteiger partial charge is 0.494 e. The van der Waals surface area contributed by atoms with Gasteiger partial charge in [0.15, 0.2) is 11.6 Å². The van der Waals surface area contributed by atoms with Crippen LogP contribution in [0.3, 0.4) is 0 Å². The first-order valence-electron chi connectivity index (χ1n) is 8.41. The number of carbonyl (C=O) groups excluding carboxylic acids is 1. The van der Waals surface area contributed by atoms with Crippen LogP contribution in [-0.4, -0.2) is 53.6 Å². The number of halogens is 1. The second-order valence-corrected chi connectivity index (χ2v) is 6.40. The lowest BCUT2D eigenvalue weighted by Gasteiger charge is -2.36. The lowest BCUT2D eigenvalue weighted by atomic mass is 10.2. The first-order chi connectivity index (χ1) is 12.0. The predicted octanol–water partition coefficient (Wildman–Crippen LogP) is 2.57. The van der Waals surface area contributed by atoms with Crippen molar-refractivity contribution < 1.29 is 13.9 Å². The third-order valence-electron chi connectivity index (χ3n) is 4.48. The van der Waals surface area contributed by atoms with Gasteiger partial charge >= 0.3 is 0 Å². The molecule has 6 nitrogen and oxygen atoms in total. The number of carbonyl (C=O) groups is 1. The zero-order chi connectivity index (χ0) is 18.0. The highest BCUT2D eigenvalue weighted by atomic mass is 19.1. The van der Waals surface area contributed by atoms with E-state index in [1.165, 1.54) is 13.2 Å². The van der Waals surface area contributed by atoms with E-state index in [0.717, 1.165) is 5.69 Å². The number of methoxy groups -OCH3 is 1. The van der Waals surface area contributed by atoms with Gasteiger partial charge in [-0.1, -0.05) is 0 Å². The number of aromatic nitrogens is 2. The molecule has 1 fully saturated rings. The standard InChI is InChI=1S/C18H23FN4O2/c1-13(2)23-11-16(20-12-23)18(24)22-8-6-21(7-9-22)14-4-5-15(19)17(10-14)25-3/h4-5,10-13H,6-9H2,1-3H3. The second-order valence-electron chi connectivity index (χ2n) is 6.40. The molecule has 1 saturated heterocycles. The summed E-state index contributed by atoms with van der Waals surface area (Å²) in [5, 5.41) is 0. The Morgan fingerprint density at radius 2 is 1.96 bits per heavy atom. The third kappa shape index (κ3) is 3.60. The molecule has 0 spiro atoms. The molecule has 0 atom stereocenters. The molecule has 3 rings (SSSR count). The summed E-state index contributed by atoms with van der Waals surface area (Å²) in [4.78, 5) is 20.7. The molecule has 1 aliphatic heterocycles. The lowest BCUT2D eigenvalue weighted by molar-refractivity contribution is 0.0741. The van der Waals surface area contributed by atoms with Crippen LogP contribution in [0.2, 0.25) is 0 Å². The fourth-order valence-corrected chi connectivity index (χ4v) is 2.90. The number of benzene rings is 1. The molecule has 1 amide bonds. The normalized spacial score (nSPS) is 14.9. The Bertz CT molecular complexity index is 751. The molecule has 0 N–H and O–H groups in total. The first kappa shape index (κ1) is 17.3. The number of imidazole rings is 1. The summed E-state index contributed by atoms with van der Waals surface area (Å²) in [5.74, 6) is -0.188. The SMILES string of the molecule is COc1cc(N2CCN(C(=O)c3cn(C(C)C)cn3)CC2)ccc1F. The summed E-state index contributed by atoms with van der Waals surface area (Å²) in [7, 11) is 1.45. The Balaban J connectivity index is 1.64. The molecule has 1 aliphatic rings. The van der Waals surface area contributed by atoms with Crippen molar-refractivity contribution in [1.82, 2.24) is 14.5 Å². The number of ether oxygens (including phenoxy) is 1. The van der Waals surface area contributed by atoms with Crippen LogP contribution in [-0.2, 0) is 0 Å². The number of piperazine rings is 1. The van der Waals surface area contributed by atoms with Crippen molar-refractivity contribution in [3.63, 3.8) is 0 Å². The zero-order valence-corrected chi connectivity index (χ0v) is 14.8. The number of nitrogens with zero attached hydrogens (tertiary/aromatic N) is 4. The van der Waals surface area contributed by atoms with Gasteiger partial charge in [-0.3, -0.25) is 4.79 Å². The minimum Gasteiger partial charge on any atom is -0.494 e. The van der Waals surface area contributed by atoms with Crippen molar-refractivity contribution in [1.29, 1.82) is 0 Å². The maximum absolute atomic E-state index is 13.5. The Hall–Kier alpha value is -2.57. The van der Waals surface area contributed by atoms with Gasteiger partial charge in [-0.15, -0.1) is 0 Å². The highest BCUT2D eigenvalue weighted by Crippen LogP contribution is 2.25. The van der Waals surface area contributed by atoms with Gasteiger partial charge in [0.05, 0.1) is 13.4 Å². The number of rotatable bonds is 4. The van der Waals surface area contributed by atoms with E-state index < -0.39 is 0 Å². The first-order valence-corrected chi connectivity index (χ1v) is 8.41.